The van der Waals surface area contributed by atoms with Gasteiger partial charge in [-0.15, -0.1) is 0 Å². The van der Waals surface area contributed by atoms with Crippen molar-refractivity contribution in [1.29, 1.82) is 0 Å². The van der Waals surface area contributed by atoms with Gasteiger partial charge in [-0.2, -0.15) is 0 Å². The third kappa shape index (κ3) is 1.83. The lowest BCUT2D eigenvalue weighted by molar-refractivity contribution is 0.165. The highest BCUT2D eigenvalue weighted by Gasteiger charge is 2.04. The smallest absolute Gasteiger partial charge is 0.226 e. The Kier molecular flexibility index (Phi) is 2.60. The lowest BCUT2D eigenvalue weighted by Gasteiger charge is -1.94. The van der Waals surface area contributed by atoms with Crippen LogP contribution in [0.5, 0.6) is 0 Å². The summed E-state index contributed by atoms with van der Waals surface area (Å²) in [7, 11) is 1.63. The van der Waals surface area contributed by atoms with Crippen molar-refractivity contribution in [1.82, 2.24) is 4.98 Å². The van der Waals surface area contributed by atoms with E-state index in [0.29, 0.717) is 12.5 Å². The zero-order valence-corrected chi connectivity index (χ0v) is 7.93. The number of aromatic nitrogens is 1. The van der Waals surface area contributed by atoms with Crippen molar-refractivity contribution in [2.75, 3.05) is 7.11 Å². The van der Waals surface area contributed by atoms with Crippen LogP contribution in [0.1, 0.15) is 5.76 Å². The molecule has 3 nitrogen and oxygen atoms in total. The van der Waals surface area contributed by atoms with Crippen LogP contribution in [0.15, 0.2) is 40.9 Å². The van der Waals surface area contributed by atoms with Gasteiger partial charge in [-0.1, -0.05) is 18.2 Å². The van der Waals surface area contributed by atoms with Crippen LogP contribution in [0.25, 0.3) is 11.5 Å². The average Bonchev–Trinajstić information content (AvgIpc) is 2.68. The molecule has 0 aliphatic heterocycles. The molecule has 0 fully saturated rings. The topological polar surface area (TPSA) is 35.3 Å². The lowest BCUT2D eigenvalue weighted by atomic mass is 10.2. The normalized spacial score (nSPS) is 10.4. The maximum absolute atomic E-state index is 5.47. The number of oxazole rings is 1. The fourth-order valence-electron chi connectivity index (χ4n) is 1.23. The summed E-state index contributed by atoms with van der Waals surface area (Å²) in [5.41, 5.74) is 0.981. The van der Waals surface area contributed by atoms with E-state index in [1.807, 2.05) is 30.3 Å². The highest BCUT2D eigenvalue weighted by Crippen LogP contribution is 2.18. The number of benzene rings is 1. The van der Waals surface area contributed by atoms with E-state index in [9.17, 15) is 0 Å². The van der Waals surface area contributed by atoms with Crippen molar-refractivity contribution in [2.45, 2.75) is 6.61 Å². The Balaban J connectivity index is 2.25. The molecule has 14 heavy (non-hydrogen) atoms. The molecule has 72 valence electrons. The van der Waals surface area contributed by atoms with Crippen LogP contribution < -0.4 is 0 Å². The fourth-order valence-corrected chi connectivity index (χ4v) is 1.23. The number of hydrogen-bond acceptors (Lipinski definition) is 3. The van der Waals surface area contributed by atoms with Crippen LogP contribution in [-0.4, -0.2) is 12.1 Å². The largest absolute Gasteiger partial charge is 0.439 e. The van der Waals surface area contributed by atoms with E-state index in [4.69, 9.17) is 9.15 Å². The highest BCUT2D eigenvalue weighted by molar-refractivity contribution is 5.52. The van der Waals surface area contributed by atoms with Gasteiger partial charge in [-0.25, -0.2) is 4.98 Å². The van der Waals surface area contributed by atoms with Gasteiger partial charge in [0.25, 0.3) is 0 Å². The number of ether oxygens (including phenoxy) is 1. The third-order valence-electron chi connectivity index (χ3n) is 1.86. The van der Waals surface area contributed by atoms with Crippen LogP contribution in [0.4, 0.5) is 0 Å². The Morgan fingerprint density at radius 3 is 2.79 bits per heavy atom. The van der Waals surface area contributed by atoms with Gasteiger partial charge >= 0.3 is 0 Å². The maximum atomic E-state index is 5.47. The minimum absolute atomic E-state index is 0.458. The van der Waals surface area contributed by atoms with Crippen molar-refractivity contribution in [2.24, 2.45) is 0 Å². The van der Waals surface area contributed by atoms with Crippen LogP contribution >= 0.6 is 0 Å². The molecule has 0 spiro atoms. The van der Waals surface area contributed by atoms with Crippen LogP contribution in [0.2, 0.25) is 0 Å². The number of rotatable bonds is 3. The summed E-state index contributed by atoms with van der Waals surface area (Å²) in [6, 6.07) is 9.79. The number of methoxy groups -OCH3 is 1. The van der Waals surface area contributed by atoms with Gasteiger partial charge in [0.15, 0.2) is 5.76 Å². The Morgan fingerprint density at radius 2 is 2.07 bits per heavy atom. The molecule has 1 heterocycles. The van der Waals surface area contributed by atoms with Crippen molar-refractivity contribution in [3.05, 3.63) is 42.3 Å². The van der Waals surface area contributed by atoms with Gasteiger partial charge in [0.2, 0.25) is 5.89 Å². The first-order chi connectivity index (χ1) is 6.90. The molecule has 0 saturated carbocycles. The first-order valence-corrected chi connectivity index (χ1v) is 4.39. The molecule has 0 N–H and O–H groups in total. The number of nitrogens with zero attached hydrogens (tertiary/aromatic N) is 1. The minimum atomic E-state index is 0.458. The van der Waals surface area contributed by atoms with E-state index in [0.717, 1.165) is 11.3 Å². The Labute approximate surface area is 82.3 Å². The maximum Gasteiger partial charge on any atom is 0.226 e. The second kappa shape index (κ2) is 4.07. The Bertz CT molecular complexity index is 395. The molecule has 0 atom stereocenters. The van der Waals surface area contributed by atoms with Crippen molar-refractivity contribution in [3.63, 3.8) is 0 Å². The Hall–Kier alpha value is -1.61. The van der Waals surface area contributed by atoms with Gasteiger partial charge in [-0.05, 0) is 12.1 Å². The van der Waals surface area contributed by atoms with E-state index in [-0.39, 0.29) is 0 Å². The molecule has 0 radical (unpaired) electrons. The molecule has 1 aromatic carbocycles. The second-order valence-electron chi connectivity index (χ2n) is 2.93. The predicted octanol–water partition coefficient (Wildman–Crippen LogP) is 2.49. The summed E-state index contributed by atoms with van der Waals surface area (Å²) >= 11 is 0. The molecular formula is C11H11NO2. The molecule has 3 heteroatoms. The van der Waals surface area contributed by atoms with Crippen LogP contribution in [0, 0.1) is 0 Å². The summed E-state index contributed by atoms with van der Waals surface area (Å²) in [4.78, 5) is 4.16. The molecule has 0 saturated heterocycles. The van der Waals surface area contributed by atoms with Gasteiger partial charge in [0.05, 0.1) is 6.20 Å². The fraction of sp³-hybridized carbons (Fsp3) is 0.182. The first kappa shape index (κ1) is 8.97. The van der Waals surface area contributed by atoms with Gasteiger partial charge in [0, 0.05) is 12.7 Å². The SMILES string of the molecule is COCc1cnc(-c2ccccc2)o1. The molecule has 0 unspecified atom stereocenters. The van der Waals surface area contributed by atoms with E-state index >= 15 is 0 Å². The van der Waals surface area contributed by atoms with Gasteiger partial charge < -0.3 is 9.15 Å². The first-order valence-electron chi connectivity index (χ1n) is 4.39. The minimum Gasteiger partial charge on any atom is -0.439 e. The van der Waals surface area contributed by atoms with Crippen molar-refractivity contribution >= 4 is 0 Å². The van der Waals surface area contributed by atoms with Gasteiger partial charge in [0.1, 0.15) is 6.61 Å². The highest BCUT2D eigenvalue weighted by atomic mass is 16.5. The zero-order valence-electron chi connectivity index (χ0n) is 7.93. The molecule has 0 bridgehead atoms. The second-order valence-corrected chi connectivity index (χ2v) is 2.93. The lowest BCUT2D eigenvalue weighted by Crippen LogP contribution is -1.81. The number of hydrogen-bond donors (Lipinski definition) is 0. The molecule has 2 aromatic rings. The zero-order chi connectivity index (χ0) is 9.80. The standard InChI is InChI=1S/C11H11NO2/c1-13-8-10-7-12-11(14-10)9-5-3-2-4-6-9/h2-7H,8H2,1H3. The summed E-state index contributed by atoms with van der Waals surface area (Å²) in [5.74, 6) is 1.38. The quantitative estimate of drug-likeness (QED) is 0.744. The van der Waals surface area contributed by atoms with Gasteiger partial charge in [-0.3, -0.25) is 0 Å². The monoisotopic (exact) mass is 189 g/mol. The van der Waals surface area contributed by atoms with Crippen LogP contribution in [-0.2, 0) is 11.3 Å². The molecule has 0 amide bonds. The van der Waals surface area contributed by atoms with E-state index in [1.165, 1.54) is 0 Å². The predicted molar refractivity (Wildman–Crippen MR) is 52.7 cm³/mol. The summed E-state index contributed by atoms with van der Waals surface area (Å²) in [5, 5.41) is 0. The Morgan fingerprint density at radius 1 is 1.29 bits per heavy atom. The molecule has 1 aromatic heterocycles. The third-order valence-corrected chi connectivity index (χ3v) is 1.86. The van der Waals surface area contributed by atoms with Crippen molar-refractivity contribution in [3.8, 4) is 11.5 Å². The summed E-state index contributed by atoms with van der Waals surface area (Å²) in [6.07, 6.45) is 1.69. The van der Waals surface area contributed by atoms with E-state index < -0.39 is 0 Å². The summed E-state index contributed by atoms with van der Waals surface area (Å²) < 4.78 is 10.4. The molecule has 0 aliphatic rings. The van der Waals surface area contributed by atoms with Crippen molar-refractivity contribution < 1.29 is 9.15 Å². The molecule has 2 rings (SSSR count). The molecule has 0 aliphatic carbocycles. The van der Waals surface area contributed by atoms with E-state index in [1.54, 1.807) is 13.3 Å². The summed E-state index contributed by atoms with van der Waals surface area (Å²) in [6.45, 7) is 0.458. The van der Waals surface area contributed by atoms with Crippen LogP contribution in [0.3, 0.4) is 0 Å². The average molecular weight is 189 g/mol. The van der Waals surface area contributed by atoms with E-state index in [2.05, 4.69) is 4.98 Å². The molecular weight excluding hydrogens is 178 g/mol.